The summed E-state index contributed by atoms with van der Waals surface area (Å²) in [4.78, 5) is 9.29. The zero-order valence-electron chi connectivity index (χ0n) is 14.9. The molecule has 3 heterocycles. The lowest BCUT2D eigenvalue weighted by atomic mass is 10.2. The van der Waals surface area contributed by atoms with Crippen molar-refractivity contribution in [3.63, 3.8) is 0 Å². The third kappa shape index (κ3) is 4.43. The minimum Gasteiger partial charge on any atom is -0.419 e. The fraction of sp³-hybridized carbons (Fsp3) is 0.389. The van der Waals surface area contributed by atoms with Gasteiger partial charge in [0.15, 0.2) is 5.13 Å². The second kappa shape index (κ2) is 8.14. The molecule has 6 nitrogen and oxygen atoms in total. The van der Waals surface area contributed by atoms with E-state index in [4.69, 9.17) is 27.6 Å². The Balaban J connectivity index is 1.40. The van der Waals surface area contributed by atoms with Crippen molar-refractivity contribution >= 4 is 39.7 Å². The first-order valence-electron chi connectivity index (χ1n) is 8.76. The molecule has 0 bridgehead atoms. The van der Waals surface area contributed by atoms with E-state index in [1.54, 1.807) is 29.5 Å². The predicted molar refractivity (Wildman–Crippen MR) is 109 cm³/mol. The number of rotatable bonds is 4. The Morgan fingerprint density at radius 2 is 2.04 bits per heavy atom. The van der Waals surface area contributed by atoms with Crippen LogP contribution in [0, 0.1) is 6.92 Å². The van der Waals surface area contributed by atoms with Crippen molar-refractivity contribution in [1.82, 2.24) is 20.1 Å². The van der Waals surface area contributed by atoms with Crippen LogP contribution in [0.2, 0.25) is 10.0 Å². The van der Waals surface area contributed by atoms with Crippen LogP contribution in [0.25, 0.3) is 11.5 Å². The van der Waals surface area contributed by atoms with Gasteiger partial charge in [0.2, 0.25) is 11.8 Å². The van der Waals surface area contributed by atoms with Gasteiger partial charge in [-0.2, -0.15) is 0 Å². The Bertz CT molecular complexity index is 928. The van der Waals surface area contributed by atoms with Crippen LogP contribution in [0.1, 0.15) is 18.0 Å². The predicted octanol–water partition coefficient (Wildman–Crippen LogP) is 4.52. The van der Waals surface area contributed by atoms with Gasteiger partial charge in [-0.3, -0.25) is 4.90 Å². The van der Waals surface area contributed by atoms with Crippen molar-refractivity contribution in [3.05, 3.63) is 45.2 Å². The van der Waals surface area contributed by atoms with Crippen molar-refractivity contribution in [2.24, 2.45) is 0 Å². The van der Waals surface area contributed by atoms with Crippen molar-refractivity contribution < 1.29 is 4.42 Å². The molecule has 0 unspecified atom stereocenters. The van der Waals surface area contributed by atoms with E-state index in [1.165, 1.54) is 0 Å². The molecule has 0 N–H and O–H groups in total. The number of thiazole rings is 1. The van der Waals surface area contributed by atoms with Crippen molar-refractivity contribution in [2.45, 2.75) is 19.9 Å². The minimum atomic E-state index is 0.418. The van der Waals surface area contributed by atoms with Crippen molar-refractivity contribution in [3.8, 4) is 11.5 Å². The van der Waals surface area contributed by atoms with Crippen LogP contribution in [0.15, 0.2) is 28.0 Å². The summed E-state index contributed by atoms with van der Waals surface area (Å²) in [5, 5.41) is 12.6. The quantitative estimate of drug-likeness (QED) is 0.614. The molecule has 0 atom stereocenters. The number of benzene rings is 1. The molecule has 1 saturated heterocycles. The van der Waals surface area contributed by atoms with Gasteiger partial charge in [-0.05, 0) is 31.5 Å². The van der Waals surface area contributed by atoms with Crippen molar-refractivity contribution in [1.29, 1.82) is 0 Å². The van der Waals surface area contributed by atoms with Gasteiger partial charge in [0.05, 0.1) is 22.8 Å². The highest BCUT2D eigenvalue weighted by Crippen LogP contribution is 2.29. The van der Waals surface area contributed by atoms with E-state index in [9.17, 15) is 0 Å². The lowest BCUT2D eigenvalue weighted by Crippen LogP contribution is -2.30. The van der Waals surface area contributed by atoms with E-state index in [-0.39, 0.29) is 0 Å². The van der Waals surface area contributed by atoms with Crippen LogP contribution in [0.4, 0.5) is 5.13 Å². The van der Waals surface area contributed by atoms with E-state index in [1.807, 2.05) is 6.92 Å². The lowest BCUT2D eigenvalue weighted by molar-refractivity contribution is 0.256. The largest absolute Gasteiger partial charge is 0.419 e. The summed E-state index contributed by atoms with van der Waals surface area (Å²) in [7, 11) is 0. The lowest BCUT2D eigenvalue weighted by Gasteiger charge is -2.20. The number of nitrogens with zero attached hydrogens (tertiary/aromatic N) is 5. The molecule has 27 heavy (non-hydrogen) atoms. The number of aryl methyl sites for hydroxylation is 1. The first-order valence-corrected chi connectivity index (χ1v) is 10.4. The molecule has 0 aliphatic carbocycles. The van der Waals surface area contributed by atoms with Gasteiger partial charge >= 0.3 is 0 Å². The molecule has 2 aromatic heterocycles. The summed E-state index contributed by atoms with van der Waals surface area (Å²) in [5.74, 6) is 1.01. The molecular weight excluding hydrogens is 405 g/mol. The highest BCUT2D eigenvalue weighted by atomic mass is 35.5. The Hall–Kier alpha value is -1.67. The molecule has 9 heteroatoms. The van der Waals surface area contributed by atoms with Crippen LogP contribution in [-0.2, 0) is 6.54 Å². The van der Waals surface area contributed by atoms with Crippen LogP contribution in [0.5, 0.6) is 0 Å². The van der Waals surface area contributed by atoms with Crippen LogP contribution in [-0.4, -0.2) is 46.3 Å². The molecular formula is C18H19Cl2N5OS. The number of hydrogen-bond acceptors (Lipinski definition) is 7. The third-order valence-electron chi connectivity index (χ3n) is 4.45. The van der Waals surface area contributed by atoms with Gasteiger partial charge in [0.25, 0.3) is 0 Å². The molecule has 0 saturated carbocycles. The maximum atomic E-state index is 6.23. The first-order chi connectivity index (χ1) is 13.1. The smallest absolute Gasteiger partial charge is 0.249 e. The molecule has 1 fully saturated rings. The highest BCUT2D eigenvalue weighted by molar-refractivity contribution is 7.13. The van der Waals surface area contributed by atoms with Gasteiger partial charge in [0.1, 0.15) is 0 Å². The molecule has 3 aromatic rings. The summed E-state index contributed by atoms with van der Waals surface area (Å²) in [6, 6.07) is 5.23. The summed E-state index contributed by atoms with van der Waals surface area (Å²) in [5.41, 5.74) is 1.77. The fourth-order valence-electron chi connectivity index (χ4n) is 3.09. The standard InChI is InChI=1S/C18H19Cl2N5OS/c1-12-11-27-18(21-12)25-6-2-5-24(7-8-25)10-16-22-23-17(26-16)14-4-3-13(19)9-15(14)20/h3-4,9,11H,2,5-8,10H2,1H3. The Morgan fingerprint density at radius 1 is 1.15 bits per heavy atom. The third-order valence-corrected chi connectivity index (χ3v) is 6.02. The number of hydrogen-bond donors (Lipinski definition) is 0. The Kier molecular flexibility index (Phi) is 5.63. The normalized spacial score (nSPS) is 15.9. The van der Waals surface area contributed by atoms with Crippen molar-refractivity contribution in [2.75, 3.05) is 31.1 Å². The Labute approximate surface area is 171 Å². The van der Waals surface area contributed by atoms with Crippen LogP contribution < -0.4 is 4.90 Å². The molecule has 1 aliphatic heterocycles. The van der Waals surface area contributed by atoms with Gasteiger partial charge in [-0.25, -0.2) is 4.98 Å². The Morgan fingerprint density at radius 3 is 2.81 bits per heavy atom. The fourth-order valence-corrected chi connectivity index (χ4v) is 4.43. The summed E-state index contributed by atoms with van der Waals surface area (Å²) in [6.45, 7) is 6.53. The van der Waals surface area contributed by atoms with E-state index >= 15 is 0 Å². The van der Waals surface area contributed by atoms with E-state index < -0.39 is 0 Å². The maximum Gasteiger partial charge on any atom is 0.249 e. The summed E-state index contributed by atoms with van der Waals surface area (Å²) < 4.78 is 5.83. The SMILES string of the molecule is Cc1csc(N2CCCN(Cc3nnc(-c4ccc(Cl)cc4Cl)o3)CC2)n1. The van der Waals surface area contributed by atoms with Gasteiger partial charge in [0, 0.05) is 36.6 Å². The summed E-state index contributed by atoms with van der Waals surface area (Å²) in [6.07, 6.45) is 1.07. The van der Waals surface area contributed by atoms with Gasteiger partial charge < -0.3 is 9.32 Å². The monoisotopic (exact) mass is 423 g/mol. The number of aromatic nitrogens is 3. The average molecular weight is 424 g/mol. The van der Waals surface area contributed by atoms with Crippen LogP contribution in [0.3, 0.4) is 0 Å². The van der Waals surface area contributed by atoms with E-state index in [2.05, 4.69) is 30.4 Å². The average Bonchev–Trinajstić information content (AvgIpc) is 3.20. The first kappa shape index (κ1) is 18.7. The molecule has 142 valence electrons. The molecule has 0 radical (unpaired) electrons. The maximum absolute atomic E-state index is 6.23. The second-order valence-corrected chi connectivity index (χ2v) is 8.19. The highest BCUT2D eigenvalue weighted by Gasteiger charge is 2.20. The van der Waals surface area contributed by atoms with E-state index in [0.717, 1.165) is 43.4 Å². The summed E-state index contributed by atoms with van der Waals surface area (Å²) >= 11 is 13.9. The van der Waals surface area contributed by atoms with Crippen LogP contribution >= 0.6 is 34.5 Å². The zero-order chi connectivity index (χ0) is 18.8. The minimum absolute atomic E-state index is 0.418. The molecule has 0 spiro atoms. The van der Waals surface area contributed by atoms with E-state index in [0.29, 0.717) is 33.9 Å². The van der Waals surface area contributed by atoms with Gasteiger partial charge in [-0.15, -0.1) is 21.5 Å². The zero-order valence-corrected chi connectivity index (χ0v) is 17.2. The topological polar surface area (TPSA) is 58.3 Å². The second-order valence-electron chi connectivity index (χ2n) is 6.51. The van der Waals surface area contributed by atoms with Gasteiger partial charge in [-0.1, -0.05) is 23.2 Å². The number of halogens is 2. The molecule has 4 rings (SSSR count). The molecule has 1 aromatic carbocycles. The molecule has 1 aliphatic rings. The molecule has 0 amide bonds. The number of anilines is 1.